The average molecular weight is 468 g/mol. The van der Waals surface area contributed by atoms with E-state index >= 15 is 0 Å². The number of likely N-dealkylation sites (N-methyl/N-ethyl adjacent to an activating group) is 1. The third-order valence-corrected chi connectivity index (χ3v) is 6.27. The molecule has 3 rings (SSSR count). The summed E-state index contributed by atoms with van der Waals surface area (Å²) in [6.07, 6.45) is -0.0885. The van der Waals surface area contributed by atoms with Gasteiger partial charge in [-0.1, -0.05) is 68.8 Å². The number of hydrogen-bond donors (Lipinski definition) is 3. The number of amides is 2. The minimum absolute atomic E-state index is 0.0921. The molecular formula is C26H33N3O5. The third-order valence-electron chi connectivity index (χ3n) is 6.27. The number of ether oxygens (including phenoxy) is 1. The number of nitrogens with one attached hydrogen (secondary N) is 2. The molecule has 3 N–H and O–H groups in total. The third kappa shape index (κ3) is 5.75. The summed E-state index contributed by atoms with van der Waals surface area (Å²) >= 11 is 0. The molecule has 0 saturated heterocycles. The number of carboxylic acids is 1. The fourth-order valence-corrected chi connectivity index (χ4v) is 4.28. The normalized spacial score (nSPS) is 15.1. The predicted molar refractivity (Wildman–Crippen MR) is 130 cm³/mol. The number of benzene rings is 2. The first kappa shape index (κ1) is 25.2. The maximum absolute atomic E-state index is 12.9. The molecule has 0 radical (unpaired) electrons. The second-order valence-electron chi connectivity index (χ2n) is 8.99. The number of carbonyl (C=O) groups is 3. The Bertz CT molecular complexity index is 993. The number of hydrogen-bond acceptors (Lipinski definition) is 5. The molecule has 0 unspecified atom stereocenters. The first-order chi connectivity index (χ1) is 16.2. The molecule has 1 aliphatic rings. The van der Waals surface area contributed by atoms with E-state index in [0.29, 0.717) is 6.42 Å². The van der Waals surface area contributed by atoms with E-state index in [-0.39, 0.29) is 25.0 Å². The summed E-state index contributed by atoms with van der Waals surface area (Å²) in [4.78, 5) is 38.8. The van der Waals surface area contributed by atoms with Crippen molar-refractivity contribution in [1.29, 1.82) is 0 Å². The van der Waals surface area contributed by atoms with E-state index in [4.69, 9.17) is 4.74 Å². The molecule has 2 amide bonds. The van der Waals surface area contributed by atoms with Gasteiger partial charge in [-0.3, -0.25) is 4.79 Å². The summed E-state index contributed by atoms with van der Waals surface area (Å²) in [5, 5.41) is 14.6. The smallest absolute Gasteiger partial charge is 0.407 e. The van der Waals surface area contributed by atoms with Gasteiger partial charge in [-0.25, -0.2) is 9.59 Å². The lowest BCUT2D eigenvalue weighted by atomic mass is 9.98. The molecular weight excluding hydrogens is 434 g/mol. The van der Waals surface area contributed by atoms with Gasteiger partial charge in [0.15, 0.2) is 0 Å². The van der Waals surface area contributed by atoms with Crippen LogP contribution < -0.4 is 10.6 Å². The van der Waals surface area contributed by atoms with Gasteiger partial charge in [-0.05, 0) is 42.3 Å². The van der Waals surface area contributed by atoms with Gasteiger partial charge in [0, 0.05) is 12.5 Å². The molecule has 3 atom stereocenters. The van der Waals surface area contributed by atoms with E-state index in [1.165, 1.54) is 0 Å². The molecule has 2 aromatic rings. The average Bonchev–Trinajstić information content (AvgIpc) is 3.13. The van der Waals surface area contributed by atoms with Crippen molar-refractivity contribution in [2.45, 2.75) is 38.3 Å². The van der Waals surface area contributed by atoms with Crippen LogP contribution >= 0.6 is 0 Å². The summed E-state index contributed by atoms with van der Waals surface area (Å²) in [6.45, 7) is 4.00. The second kappa shape index (κ2) is 11.2. The van der Waals surface area contributed by atoms with Crippen molar-refractivity contribution in [2.75, 3.05) is 27.2 Å². The Kier molecular flexibility index (Phi) is 8.28. The summed E-state index contributed by atoms with van der Waals surface area (Å²) in [5.74, 6) is -1.98. The Balaban J connectivity index is 1.68. The summed E-state index contributed by atoms with van der Waals surface area (Å²) in [5.41, 5.74) is 4.45. The maximum atomic E-state index is 12.9. The highest BCUT2D eigenvalue weighted by molar-refractivity contribution is 5.89. The topological polar surface area (TPSA) is 108 Å². The lowest BCUT2D eigenvalue weighted by Crippen LogP contribution is -2.56. The highest BCUT2D eigenvalue weighted by atomic mass is 16.5. The van der Waals surface area contributed by atoms with Crippen LogP contribution in [-0.2, 0) is 14.3 Å². The predicted octanol–water partition coefficient (Wildman–Crippen LogP) is 3.07. The number of carbonyl (C=O) groups excluding carboxylic acids is 2. The number of alkyl carbamates (subject to hydrolysis) is 1. The van der Waals surface area contributed by atoms with Crippen LogP contribution in [0.1, 0.15) is 37.3 Å². The lowest BCUT2D eigenvalue weighted by molar-refractivity contribution is -0.142. The molecule has 2 aromatic carbocycles. The van der Waals surface area contributed by atoms with E-state index in [0.717, 1.165) is 22.3 Å². The zero-order valence-corrected chi connectivity index (χ0v) is 20.1. The van der Waals surface area contributed by atoms with Crippen LogP contribution in [0, 0.1) is 5.92 Å². The van der Waals surface area contributed by atoms with Crippen LogP contribution in [0.4, 0.5) is 4.79 Å². The zero-order valence-electron chi connectivity index (χ0n) is 20.1. The van der Waals surface area contributed by atoms with Crippen molar-refractivity contribution in [2.24, 2.45) is 5.92 Å². The van der Waals surface area contributed by atoms with Gasteiger partial charge in [0.2, 0.25) is 5.91 Å². The Hall–Kier alpha value is -3.39. The van der Waals surface area contributed by atoms with Crippen LogP contribution in [0.5, 0.6) is 0 Å². The van der Waals surface area contributed by atoms with Crippen LogP contribution in [0.2, 0.25) is 0 Å². The molecule has 0 aromatic heterocycles. The monoisotopic (exact) mass is 467 g/mol. The first-order valence-corrected chi connectivity index (χ1v) is 11.5. The van der Waals surface area contributed by atoms with Gasteiger partial charge in [-0.15, -0.1) is 0 Å². The molecule has 0 fully saturated rings. The minimum atomic E-state index is -1.13. The standard InChI is InChI=1S/C26H33N3O5/c1-5-16(2)23(24(30)27-22(25(31)32)14-29(3)4)28-26(33)34-15-21-19-12-8-6-10-17(19)18-11-7-9-13-20(18)21/h6-13,16,21-23H,5,14-15H2,1-4H3,(H,27,30)(H,28,33)(H,31,32)/t16-,22-,23-/m0/s1. The van der Waals surface area contributed by atoms with Gasteiger partial charge in [0.1, 0.15) is 18.7 Å². The number of carboxylic acid groups (broad SMARTS) is 1. The number of nitrogens with zero attached hydrogens (tertiary/aromatic N) is 1. The van der Waals surface area contributed by atoms with Gasteiger partial charge >= 0.3 is 12.1 Å². The highest BCUT2D eigenvalue weighted by Gasteiger charge is 2.32. The van der Waals surface area contributed by atoms with Gasteiger partial charge in [0.25, 0.3) is 0 Å². The van der Waals surface area contributed by atoms with Crippen molar-refractivity contribution >= 4 is 18.0 Å². The Morgan fingerprint density at radius 1 is 1.00 bits per heavy atom. The Morgan fingerprint density at radius 2 is 1.56 bits per heavy atom. The molecule has 8 nitrogen and oxygen atoms in total. The molecule has 0 bridgehead atoms. The van der Waals surface area contributed by atoms with Crippen LogP contribution in [0.3, 0.4) is 0 Å². The quantitative estimate of drug-likeness (QED) is 0.496. The largest absolute Gasteiger partial charge is 0.480 e. The van der Waals surface area contributed by atoms with Crippen LogP contribution in [-0.4, -0.2) is 67.3 Å². The molecule has 0 saturated carbocycles. The lowest BCUT2D eigenvalue weighted by Gasteiger charge is -2.26. The number of fused-ring (bicyclic) bond motifs is 3. The van der Waals surface area contributed by atoms with E-state index in [1.807, 2.05) is 50.2 Å². The zero-order chi connectivity index (χ0) is 24.8. The van der Waals surface area contributed by atoms with Gasteiger partial charge < -0.3 is 25.4 Å². The summed E-state index contributed by atoms with van der Waals surface area (Å²) < 4.78 is 5.58. The van der Waals surface area contributed by atoms with E-state index < -0.39 is 30.1 Å². The van der Waals surface area contributed by atoms with Gasteiger partial charge in [0.05, 0.1) is 0 Å². The minimum Gasteiger partial charge on any atom is -0.480 e. The molecule has 0 spiro atoms. The van der Waals surface area contributed by atoms with Gasteiger partial charge in [-0.2, -0.15) is 0 Å². The Morgan fingerprint density at radius 3 is 2.06 bits per heavy atom. The van der Waals surface area contributed by atoms with Crippen molar-refractivity contribution in [1.82, 2.24) is 15.5 Å². The summed E-state index contributed by atoms with van der Waals surface area (Å²) in [6, 6.07) is 14.1. The number of aliphatic carboxylic acids is 1. The van der Waals surface area contributed by atoms with E-state index in [9.17, 15) is 19.5 Å². The van der Waals surface area contributed by atoms with E-state index in [2.05, 4.69) is 22.8 Å². The van der Waals surface area contributed by atoms with Crippen molar-refractivity contribution < 1.29 is 24.2 Å². The van der Waals surface area contributed by atoms with E-state index in [1.54, 1.807) is 19.0 Å². The Labute approximate surface area is 200 Å². The highest BCUT2D eigenvalue weighted by Crippen LogP contribution is 2.44. The number of rotatable bonds is 10. The van der Waals surface area contributed by atoms with Crippen molar-refractivity contribution in [3.8, 4) is 11.1 Å². The van der Waals surface area contributed by atoms with Crippen LogP contribution in [0.15, 0.2) is 48.5 Å². The molecule has 34 heavy (non-hydrogen) atoms. The fourth-order valence-electron chi connectivity index (χ4n) is 4.28. The van der Waals surface area contributed by atoms with Crippen molar-refractivity contribution in [3.05, 3.63) is 59.7 Å². The molecule has 0 aliphatic heterocycles. The van der Waals surface area contributed by atoms with Crippen molar-refractivity contribution in [3.63, 3.8) is 0 Å². The fraction of sp³-hybridized carbons (Fsp3) is 0.423. The van der Waals surface area contributed by atoms with Crippen LogP contribution in [0.25, 0.3) is 11.1 Å². The molecule has 182 valence electrons. The molecule has 8 heteroatoms. The molecule has 1 aliphatic carbocycles. The molecule has 0 heterocycles. The summed E-state index contributed by atoms with van der Waals surface area (Å²) in [7, 11) is 3.45. The second-order valence-corrected chi connectivity index (χ2v) is 8.99. The first-order valence-electron chi connectivity index (χ1n) is 11.5. The maximum Gasteiger partial charge on any atom is 0.407 e. The SMILES string of the molecule is CC[C@H](C)[C@H](NC(=O)OCC1c2ccccc2-c2ccccc21)C(=O)N[C@@H](CN(C)C)C(=O)O.